The summed E-state index contributed by atoms with van der Waals surface area (Å²) in [6, 6.07) is 0. The lowest BCUT2D eigenvalue weighted by atomic mass is 10.1. The minimum absolute atomic E-state index is 0.376. The third-order valence-corrected chi connectivity index (χ3v) is 1.90. The molecule has 1 unspecified atom stereocenters. The summed E-state index contributed by atoms with van der Waals surface area (Å²) in [6.45, 7) is 1.65. The number of aromatic nitrogens is 2. The average Bonchev–Trinajstić information content (AvgIpc) is 2.39. The van der Waals surface area contributed by atoms with Crippen molar-refractivity contribution in [1.29, 1.82) is 0 Å². The Kier molecular flexibility index (Phi) is 2.53. The quantitative estimate of drug-likeness (QED) is 0.732. The third kappa shape index (κ3) is 2.27. The zero-order chi connectivity index (χ0) is 8.27. The van der Waals surface area contributed by atoms with E-state index >= 15 is 0 Å². The van der Waals surface area contributed by atoms with Crippen LogP contribution in [0.1, 0.15) is 12.6 Å². The standard InChI is InChI=1S/C6H8N2O2S/c1-4(6(9)10)2-5-3-11-8-7-5/h3-4H,2H2,1H3,(H,9,10). The zero-order valence-corrected chi connectivity index (χ0v) is 6.84. The van der Waals surface area contributed by atoms with Gasteiger partial charge >= 0.3 is 5.97 Å². The van der Waals surface area contributed by atoms with Crippen LogP contribution in [0.15, 0.2) is 5.38 Å². The number of carbonyl (C=O) groups is 1. The molecule has 5 heteroatoms. The van der Waals surface area contributed by atoms with Gasteiger partial charge in [-0.2, -0.15) is 0 Å². The van der Waals surface area contributed by atoms with Crippen molar-refractivity contribution in [1.82, 2.24) is 9.59 Å². The molecule has 0 saturated carbocycles. The van der Waals surface area contributed by atoms with E-state index in [4.69, 9.17) is 5.11 Å². The number of hydrogen-bond donors (Lipinski definition) is 1. The predicted octanol–water partition coefficient (Wildman–Crippen LogP) is 0.801. The van der Waals surface area contributed by atoms with Gasteiger partial charge in [0, 0.05) is 11.8 Å². The van der Waals surface area contributed by atoms with E-state index < -0.39 is 5.97 Å². The SMILES string of the molecule is CC(Cc1csnn1)C(=O)O. The van der Waals surface area contributed by atoms with Gasteiger partial charge in [0.15, 0.2) is 0 Å². The molecule has 0 bridgehead atoms. The molecule has 1 heterocycles. The second-order valence-electron chi connectivity index (χ2n) is 2.34. The highest BCUT2D eigenvalue weighted by molar-refractivity contribution is 7.03. The van der Waals surface area contributed by atoms with Crippen molar-refractivity contribution in [2.24, 2.45) is 5.92 Å². The van der Waals surface area contributed by atoms with Crippen molar-refractivity contribution in [2.45, 2.75) is 13.3 Å². The highest BCUT2D eigenvalue weighted by atomic mass is 32.1. The molecule has 11 heavy (non-hydrogen) atoms. The molecule has 1 aromatic heterocycles. The van der Waals surface area contributed by atoms with Gasteiger partial charge < -0.3 is 5.11 Å². The van der Waals surface area contributed by atoms with Gasteiger partial charge in [0.2, 0.25) is 0 Å². The van der Waals surface area contributed by atoms with Crippen LogP contribution in [0.4, 0.5) is 0 Å². The Morgan fingerprint density at radius 2 is 2.64 bits per heavy atom. The van der Waals surface area contributed by atoms with Gasteiger partial charge in [0.1, 0.15) is 0 Å². The van der Waals surface area contributed by atoms with E-state index in [1.807, 2.05) is 0 Å². The molecular formula is C6H8N2O2S. The predicted molar refractivity (Wildman–Crippen MR) is 40.4 cm³/mol. The highest BCUT2D eigenvalue weighted by Crippen LogP contribution is 2.06. The molecule has 0 amide bonds. The van der Waals surface area contributed by atoms with Crippen molar-refractivity contribution in [2.75, 3.05) is 0 Å². The van der Waals surface area contributed by atoms with E-state index in [0.717, 1.165) is 5.69 Å². The number of carboxylic acid groups (broad SMARTS) is 1. The van der Waals surface area contributed by atoms with Crippen LogP contribution in [0, 0.1) is 5.92 Å². The van der Waals surface area contributed by atoms with E-state index in [0.29, 0.717) is 6.42 Å². The largest absolute Gasteiger partial charge is 0.481 e. The van der Waals surface area contributed by atoms with Crippen LogP contribution in [0.25, 0.3) is 0 Å². The third-order valence-electron chi connectivity index (χ3n) is 1.34. The van der Waals surface area contributed by atoms with E-state index in [9.17, 15) is 4.79 Å². The maximum Gasteiger partial charge on any atom is 0.306 e. The zero-order valence-electron chi connectivity index (χ0n) is 6.02. The van der Waals surface area contributed by atoms with E-state index in [2.05, 4.69) is 9.59 Å². The normalized spacial score (nSPS) is 12.8. The van der Waals surface area contributed by atoms with Crippen LogP contribution >= 0.6 is 11.5 Å². The molecule has 0 aliphatic carbocycles. The molecule has 0 radical (unpaired) electrons. The van der Waals surface area contributed by atoms with Crippen LogP contribution in [-0.4, -0.2) is 20.7 Å². The molecule has 60 valence electrons. The van der Waals surface area contributed by atoms with Gasteiger partial charge in [0.05, 0.1) is 11.6 Å². The molecule has 0 aliphatic rings. The summed E-state index contributed by atoms with van der Waals surface area (Å²) in [5.41, 5.74) is 0.755. The number of carboxylic acids is 1. The Hall–Kier alpha value is -0.970. The summed E-state index contributed by atoms with van der Waals surface area (Å²) >= 11 is 1.24. The van der Waals surface area contributed by atoms with Crippen LogP contribution in [0.5, 0.6) is 0 Å². The Morgan fingerprint density at radius 3 is 3.09 bits per heavy atom. The van der Waals surface area contributed by atoms with E-state index in [1.165, 1.54) is 11.5 Å². The van der Waals surface area contributed by atoms with Gasteiger partial charge in [-0.1, -0.05) is 11.4 Å². The first-order valence-corrected chi connectivity index (χ1v) is 4.02. The molecular weight excluding hydrogens is 164 g/mol. The van der Waals surface area contributed by atoms with Crippen LogP contribution in [0.2, 0.25) is 0 Å². The summed E-state index contributed by atoms with van der Waals surface area (Å²) < 4.78 is 3.63. The fraction of sp³-hybridized carbons (Fsp3) is 0.500. The second kappa shape index (κ2) is 3.43. The lowest BCUT2D eigenvalue weighted by Gasteiger charge is -2.00. The molecule has 0 aliphatic heterocycles. The Morgan fingerprint density at radius 1 is 1.91 bits per heavy atom. The van der Waals surface area contributed by atoms with Crippen molar-refractivity contribution in [3.63, 3.8) is 0 Å². The van der Waals surface area contributed by atoms with Crippen molar-refractivity contribution >= 4 is 17.5 Å². The van der Waals surface area contributed by atoms with Crippen molar-refractivity contribution in [3.8, 4) is 0 Å². The van der Waals surface area contributed by atoms with Crippen LogP contribution in [0.3, 0.4) is 0 Å². The minimum Gasteiger partial charge on any atom is -0.481 e. The monoisotopic (exact) mass is 172 g/mol. The summed E-state index contributed by atoms with van der Waals surface area (Å²) in [7, 11) is 0. The maximum absolute atomic E-state index is 10.4. The van der Waals surface area contributed by atoms with Gasteiger partial charge in [-0.05, 0) is 11.5 Å². The lowest BCUT2D eigenvalue weighted by Crippen LogP contribution is -2.12. The topological polar surface area (TPSA) is 63.1 Å². The Bertz CT molecular complexity index is 235. The maximum atomic E-state index is 10.4. The lowest BCUT2D eigenvalue weighted by molar-refractivity contribution is -0.141. The summed E-state index contributed by atoms with van der Waals surface area (Å²) in [5.74, 6) is -1.17. The molecule has 1 aromatic rings. The molecule has 4 nitrogen and oxygen atoms in total. The van der Waals surface area contributed by atoms with Gasteiger partial charge in [-0.3, -0.25) is 4.79 Å². The highest BCUT2D eigenvalue weighted by Gasteiger charge is 2.12. The molecule has 0 fully saturated rings. The molecule has 0 spiro atoms. The number of hydrogen-bond acceptors (Lipinski definition) is 4. The summed E-state index contributed by atoms with van der Waals surface area (Å²) in [4.78, 5) is 10.4. The van der Waals surface area contributed by atoms with Crippen LogP contribution < -0.4 is 0 Å². The van der Waals surface area contributed by atoms with Crippen molar-refractivity contribution < 1.29 is 9.90 Å². The summed E-state index contributed by atoms with van der Waals surface area (Å²) in [5, 5.41) is 14.0. The smallest absolute Gasteiger partial charge is 0.306 e. The molecule has 0 saturated heterocycles. The Labute approximate surface area is 68.0 Å². The summed E-state index contributed by atoms with van der Waals surface area (Å²) in [6.07, 6.45) is 0.464. The number of nitrogens with zero attached hydrogens (tertiary/aromatic N) is 2. The Balaban J connectivity index is 2.50. The first-order valence-electron chi connectivity index (χ1n) is 3.19. The van der Waals surface area contributed by atoms with E-state index in [-0.39, 0.29) is 5.92 Å². The molecule has 1 N–H and O–H groups in total. The first kappa shape index (κ1) is 8.13. The number of rotatable bonds is 3. The fourth-order valence-corrected chi connectivity index (χ4v) is 1.14. The molecule has 1 rings (SSSR count). The fourth-order valence-electron chi connectivity index (χ4n) is 0.674. The van der Waals surface area contributed by atoms with Crippen LogP contribution in [-0.2, 0) is 11.2 Å². The number of aliphatic carboxylic acids is 1. The van der Waals surface area contributed by atoms with Gasteiger partial charge in [-0.25, -0.2) is 0 Å². The van der Waals surface area contributed by atoms with Gasteiger partial charge in [-0.15, -0.1) is 5.10 Å². The van der Waals surface area contributed by atoms with Crippen molar-refractivity contribution in [3.05, 3.63) is 11.1 Å². The minimum atomic E-state index is -0.794. The first-order chi connectivity index (χ1) is 5.20. The average molecular weight is 172 g/mol. The molecule has 0 aromatic carbocycles. The van der Waals surface area contributed by atoms with Gasteiger partial charge in [0.25, 0.3) is 0 Å². The molecule has 1 atom stereocenters. The van der Waals surface area contributed by atoms with E-state index in [1.54, 1.807) is 12.3 Å². The second-order valence-corrected chi connectivity index (χ2v) is 2.95.